The summed E-state index contributed by atoms with van der Waals surface area (Å²) in [5, 5.41) is 87.6. The minimum Gasteiger partial charge on any atom is -0.394 e. The van der Waals surface area contributed by atoms with Gasteiger partial charge in [0.2, 0.25) is 5.91 Å². The highest BCUT2D eigenvalue weighted by atomic mass is 16.7. The number of ether oxygens (including phenoxy) is 4. The summed E-state index contributed by atoms with van der Waals surface area (Å²) < 4.78 is 22.9. The Kier molecular flexibility index (Phi) is 60.3. The zero-order valence-electron chi connectivity index (χ0n) is 60.5. The van der Waals surface area contributed by atoms with Crippen LogP contribution in [0, 0.1) is 0 Å². The van der Waals surface area contributed by atoms with E-state index in [0.717, 1.165) is 38.5 Å². The third kappa shape index (κ3) is 47.1. The summed E-state index contributed by atoms with van der Waals surface area (Å²) in [6, 6.07) is -0.932. The molecule has 0 radical (unpaired) electrons. The molecule has 2 aliphatic rings. The Labute approximate surface area is 575 Å². The van der Waals surface area contributed by atoms with Gasteiger partial charge in [0.1, 0.15) is 48.8 Å². The molecule has 0 saturated carbocycles. The van der Waals surface area contributed by atoms with E-state index in [-0.39, 0.29) is 18.9 Å². The van der Waals surface area contributed by atoms with Gasteiger partial charge in [-0.05, 0) is 64.2 Å². The highest BCUT2D eigenvalue weighted by molar-refractivity contribution is 5.76. The van der Waals surface area contributed by atoms with Crippen molar-refractivity contribution in [2.45, 2.75) is 434 Å². The summed E-state index contributed by atoms with van der Waals surface area (Å²) in [4.78, 5) is 13.4. The third-order valence-corrected chi connectivity index (χ3v) is 19.5. The van der Waals surface area contributed by atoms with Crippen LogP contribution in [0.1, 0.15) is 361 Å². The van der Waals surface area contributed by atoms with Gasteiger partial charge in [-0.2, -0.15) is 0 Å². The lowest BCUT2D eigenvalue weighted by Gasteiger charge is -2.46. The summed E-state index contributed by atoms with van der Waals surface area (Å²) in [6.45, 7) is 2.83. The molecule has 1 amide bonds. The fraction of sp³-hybridized carbons (Fsp3) is 0.887. The molecule has 2 rings (SSSR count). The van der Waals surface area contributed by atoms with E-state index in [1.165, 1.54) is 289 Å². The normalized spacial score (nSPS) is 22.7. The highest BCUT2D eigenvalue weighted by Gasteiger charge is 2.51. The second-order valence-corrected chi connectivity index (χ2v) is 28.2. The van der Waals surface area contributed by atoms with Crippen LogP contribution in [0.25, 0.3) is 0 Å². The van der Waals surface area contributed by atoms with Crippen LogP contribution in [0.5, 0.6) is 0 Å². The number of nitrogens with one attached hydrogen (secondary N) is 1. The first-order chi connectivity index (χ1) is 46.1. The molecule has 0 aromatic rings. The smallest absolute Gasteiger partial charge is 0.220 e. The van der Waals surface area contributed by atoms with Gasteiger partial charge in [-0.3, -0.25) is 4.79 Å². The molecule has 2 fully saturated rings. The highest BCUT2D eigenvalue weighted by Crippen LogP contribution is 2.30. The number of aliphatic hydroxyl groups excluding tert-OH is 8. The van der Waals surface area contributed by atoms with Crippen LogP contribution in [0.2, 0.25) is 0 Å². The average molecular weight is 1330 g/mol. The predicted octanol–water partition coefficient (Wildman–Crippen LogP) is 17.8. The van der Waals surface area contributed by atoms with Crippen LogP contribution in [-0.4, -0.2) is 140 Å². The number of unbranched alkanes of at least 4 members (excludes halogenated alkanes) is 48. The molecule has 0 spiro atoms. The lowest BCUT2D eigenvalue weighted by atomic mass is 9.97. The second kappa shape index (κ2) is 64.3. The van der Waals surface area contributed by atoms with Gasteiger partial charge in [0.05, 0.1) is 32.0 Å². The Balaban J connectivity index is 1.60. The first-order valence-corrected chi connectivity index (χ1v) is 39.9. The second-order valence-electron chi connectivity index (χ2n) is 28.2. The van der Waals surface area contributed by atoms with Crippen LogP contribution < -0.4 is 5.32 Å². The van der Waals surface area contributed by atoms with Crippen molar-refractivity contribution < 1.29 is 64.6 Å². The summed E-state index contributed by atoms with van der Waals surface area (Å²) in [5.74, 6) is -0.242. The van der Waals surface area contributed by atoms with Gasteiger partial charge in [0.15, 0.2) is 12.6 Å². The quantitative estimate of drug-likeness (QED) is 0.0204. The number of carbonyl (C=O) groups is 1. The number of hydrogen-bond donors (Lipinski definition) is 9. The van der Waals surface area contributed by atoms with Crippen LogP contribution >= 0.6 is 0 Å². The molecule has 552 valence electrons. The molecule has 0 aromatic heterocycles. The fourth-order valence-corrected chi connectivity index (χ4v) is 13.2. The Hall–Kier alpha value is -2.05. The van der Waals surface area contributed by atoms with E-state index in [9.17, 15) is 45.6 Å². The van der Waals surface area contributed by atoms with E-state index in [1.54, 1.807) is 6.08 Å². The number of hydrogen-bond acceptors (Lipinski definition) is 13. The van der Waals surface area contributed by atoms with Crippen LogP contribution in [0.3, 0.4) is 0 Å². The van der Waals surface area contributed by atoms with Crippen molar-refractivity contribution in [1.29, 1.82) is 0 Å². The first-order valence-electron chi connectivity index (χ1n) is 39.9. The van der Waals surface area contributed by atoms with Crippen LogP contribution in [0.15, 0.2) is 48.6 Å². The SMILES string of the molecule is CCCCCCC/C=C\C/C=C\CCCCCCCCCCCCCCCCCCCCCCCCCCCC(=O)NC(COC1OC(CO)C(OC2OC(CO)C(O)C(O)C2O)C(O)C1O)C(O)/C=C/CC/C=C/CCCCCCCCCCCCCCCCCCC. The van der Waals surface area contributed by atoms with Crippen molar-refractivity contribution in [3.8, 4) is 0 Å². The summed E-state index contributed by atoms with van der Waals surface area (Å²) in [5.41, 5.74) is 0. The third-order valence-electron chi connectivity index (χ3n) is 19.5. The van der Waals surface area contributed by atoms with E-state index >= 15 is 0 Å². The number of carbonyl (C=O) groups excluding carboxylic acids is 1. The number of amides is 1. The number of allylic oxidation sites excluding steroid dienone is 7. The van der Waals surface area contributed by atoms with Gasteiger partial charge < -0.3 is 65.1 Å². The van der Waals surface area contributed by atoms with Crippen molar-refractivity contribution in [3.63, 3.8) is 0 Å². The minimum absolute atomic E-state index is 0.242. The van der Waals surface area contributed by atoms with Gasteiger partial charge >= 0.3 is 0 Å². The molecule has 2 aliphatic heterocycles. The van der Waals surface area contributed by atoms with Gasteiger partial charge in [-0.25, -0.2) is 0 Å². The Bertz CT molecular complexity index is 1760. The average Bonchev–Trinajstić information content (AvgIpc) is 0.794. The van der Waals surface area contributed by atoms with Gasteiger partial charge in [0, 0.05) is 6.42 Å². The fourth-order valence-electron chi connectivity index (χ4n) is 13.2. The summed E-state index contributed by atoms with van der Waals surface area (Å²) >= 11 is 0. The molecule has 0 aliphatic carbocycles. The monoisotopic (exact) mass is 1330 g/mol. The topological polar surface area (TPSA) is 228 Å². The zero-order valence-corrected chi connectivity index (χ0v) is 60.5. The van der Waals surface area contributed by atoms with Crippen molar-refractivity contribution in [2.75, 3.05) is 19.8 Å². The van der Waals surface area contributed by atoms with E-state index in [1.807, 2.05) is 6.08 Å². The largest absolute Gasteiger partial charge is 0.394 e. The lowest BCUT2D eigenvalue weighted by molar-refractivity contribution is -0.359. The Morgan fingerprint density at radius 3 is 1.11 bits per heavy atom. The van der Waals surface area contributed by atoms with Crippen molar-refractivity contribution in [1.82, 2.24) is 5.32 Å². The van der Waals surface area contributed by atoms with Gasteiger partial charge in [-0.1, -0.05) is 339 Å². The number of aliphatic hydroxyl groups is 8. The Morgan fingerprint density at radius 2 is 0.713 bits per heavy atom. The van der Waals surface area contributed by atoms with Gasteiger partial charge in [0.25, 0.3) is 0 Å². The van der Waals surface area contributed by atoms with E-state index in [0.29, 0.717) is 12.8 Å². The summed E-state index contributed by atoms with van der Waals surface area (Å²) in [7, 11) is 0. The molecule has 2 heterocycles. The molecule has 9 N–H and O–H groups in total. The van der Waals surface area contributed by atoms with Crippen molar-refractivity contribution >= 4 is 5.91 Å². The van der Waals surface area contributed by atoms with Crippen LogP contribution in [0.4, 0.5) is 0 Å². The minimum atomic E-state index is -1.79. The first kappa shape index (κ1) is 88.0. The standard InChI is InChI=1S/C80H149NO13/c1-3-5-7-9-11-13-15-17-19-21-23-25-27-28-29-30-31-32-33-34-35-36-37-38-39-40-42-44-46-48-50-52-54-56-58-60-62-64-72(85)81-68(67-91-79-77(90)75(88)78(71(66-83)93-79)94-80-76(89)74(87)73(86)70(65-82)92-80)69(84)63-61-59-57-55-53-51-49-47-45-43-41-26-24-22-20-18-16-14-12-10-8-6-4-2/h15,17,21,23,53,55,61,63,68-71,73-80,82-84,86-90H,3-14,16,18-20,22,24-52,54,56-60,62,64-67H2,1-2H3,(H,81,85)/b17-15-,23-21-,55-53+,63-61+. The van der Waals surface area contributed by atoms with E-state index < -0.39 is 86.8 Å². The molecule has 0 bridgehead atoms. The summed E-state index contributed by atoms with van der Waals surface area (Å²) in [6.07, 6.45) is 69.2. The maximum absolute atomic E-state index is 13.4. The molecule has 12 atom stereocenters. The van der Waals surface area contributed by atoms with E-state index in [4.69, 9.17) is 18.9 Å². The maximum atomic E-state index is 13.4. The van der Waals surface area contributed by atoms with Crippen LogP contribution in [-0.2, 0) is 23.7 Å². The molecular formula is C80H149NO13. The molecule has 14 nitrogen and oxygen atoms in total. The Morgan fingerprint density at radius 1 is 0.383 bits per heavy atom. The zero-order chi connectivity index (χ0) is 68.0. The van der Waals surface area contributed by atoms with E-state index in [2.05, 4.69) is 55.6 Å². The lowest BCUT2D eigenvalue weighted by Crippen LogP contribution is -2.65. The maximum Gasteiger partial charge on any atom is 0.220 e. The molecular weight excluding hydrogens is 1180 g/mol. The van der Waals surface area contributed by atoms with Crippen molar-refractivity contribution in [2.24, 2.45) is 0 Å². The molecule has 0 aromatic carbocycles. The molecule has 94 heavy (non-hydrogen) atoms. The molecule has 14 heteroatoms. The van der Waals surface area contributed by atoms with Crippen molar-refractivity contribution in [3.05, 3.63) is 48.6 Å². The van der Waals surface area contributed by atoms with Gasteiger partial charge in [-0.15, -0.1) is 0 Å². The molecule has 2 saturated heterocycles. The predicted molar refractivity (Wildman–Crippen MR) is 388 cm³/mol. The number of rotatable bonds is 67. The molecule has 12 unspecified atom stereocenters.